The Morgan fingerprint density at radius 2 is 1.67 bits per heavy atom. The lowest BCUT2D eigenvalue weighted by molar-refractivity contribution is -0.141. The van der Waals surface area contributed by atoms with Crippen molar-refractivity contribution in [1.29, 1.82) is 0 Å². The van der Waals surface area contributed by atoms with Crippen LogP contribution in [-0.4, -0.2) is 53.1 Å². The van der Waals surface area contributed by atoms with Gasteiger partial charge in [0.15, 0.2) is 11.5 Å². The minimum absolute atomic E-state index is 0.136. The van der Waals surface area contributed by atoms with Crippen LogP contribution in [0.1, 0.15) is 18.1 Å². The van der Waals surface area contributed by atoms with Crippen LogP contribution in [-0.2, 0) is 16.2 Å². The van der Waals surface area contributed by atoms with Crippen molar-refractivity contribution < 1.29 is 29.3 Å². The first kappa shape index (κ1) is 23.3. The normalized spacial score (nSPS) is 10.8. The second-order valence-corrected chi connectivity index (χ2v) is 6.80. The van der Waals surface area contributed by atoms with Crippen molar-refractivity contribution in [2.24, 2.45) is 5.10 Å². The molecule has 0 amide bonds. The van der Waals surface area contributed by atoms with Gasteiger partial charge in [-0.05, 0) is 42.8 Å². The molecule has 30 heavy (non-hydrogen) atoms. The SMILES string of the molecule is CCOc1cc(/C=N\N(CC(=O)O)CC(=O)O)ccc1OCc1c(Cl)cccc1Cl. The van der Waals surface area contributed by atoms with E-state index < -0.39 is 25.0 Å². The molecule has 0 saturated heterocycles. The summed E-state index contributed by atoms with van der Waals surface area (Å²) in [7, 11) is 0. The maximum absolute atomic E-state index is 10.9. The molecule has 0 aromatic heterocycles. The summed E-state index contributed by atoms with van der Waals surface area (Å²) in [4.78, 5) is 21.7. The summed E-state index contributed by atoms with van der Waals surface area (Å²) in [5.41, 5.74) is 1.22. The summed E-state index contributed by atoms with van der Waals surface area (Å²) in [6.45, 7) is 1.25. The zero-order valence-corrected chi connectivity index (χ0v) is 17.6. The monoisotopic (exact) mass is 454 g/mol. The van der Waals surface area contributed by atoms with Crippen LogP contribution in [0.25, 0.3) is 0 Å². The van der Waals surface area contributed by atoms with Crippen molar-refractivity contribution in [3.05, 3.63) is 57.6 Å². The number of halogens is 2. The van der Waals surface area contributed by atoms with Gasteiger partial charge in [-0.2, -0.15) is 5.10 Å². The van der Waals surface area contributed by atoms with Crippen LogP contribution in [0.15, 0.2) is 41.5 Å². The van der Waals surface area contributed by atoms with Gasteiger partial charge in [0.2, 0.25) is 0 Å². The van der Waals surface area contributed by atoms with Gasteiger partial charge in [0, 0.05) is 15.6 Å². The molecule has 2 rings (SSSR count). The lowest BCUT2D eigenvalue weighted by Crippen LogP contribution is -2.30. The number of carboxylic acids is 2. The Kier molecular flexibility index (Phi) is 8.76. The summed E-state index contributed by atoms with van der Waals surface area (Å²) >= 11 is 12.3. The Bertz CT molecular complexity index is 899. The molecule has 0 aliphatic carbocycles. The fourth-order valence-corrected chi connectivity index (χ4v) is 2.92. The summed E-state index contributed by atoms with van der Waals surface area (Å²) in [5.74, 6) is -1.48. The smallest absolute Gasteiger partial charge is 0.324 e. The average Bonchev–Trinajstić information content (AvgIpc) is 2.66. The molecule has 0 fully saturated rings. The zero-order valence-electron chi connectivity index (χ0n) is 16.0. The third-order valence-electron chi connectivity index (χ3n) is 3.71. The Balaban J connectivity index is 2.19. The highest BCUT2D eigenvalue weighted by Crippen LogP contribution is 2.31. The van der Waals surface area contributed by atoms with Crippen molar-refractivity contribution in [2.45, 2.75) is 13.5 Å². The Hall–Kier alpha value is -2.97. The van der Waals surface area contributed by atoms with E-state index >= 15 is 0 Å². The third kappa shape index (κ3) is 7.13. The van der Waals surface area contributed by atoms with E-state index in [9.17, 15) is 9.59 Å². The van der Waals surface area contributed by atoms with Gasteiger partial charge >= 0.3 is 11.9 Å². The van der Waals surface area contributed by atoms with Gasteiger partial charge in [0.05, 0.1) is 12.8 Å². The zero-order chi connectivity index (χ0) is 22.1. The highest BCUT2D eigenvalue weighted by Gasteiger charge is 2.12. The lowest BCUT2D eigenvalue weighted by atomic mass is 10.2. The van der Waals surface area contributed by atoms with Gasteiger partial charge in [0.1, 0.15) is 19.7 Å². The van der Waals surface area contributed by atoms with E-state index in [1.165, 1.54) is 6.21 Å². The molecule has 0 spiro atoms. The van der Waals surface area contributed by atoms with Crippen LogP contribution in [0.2, 0.25) is 10.0 Å². The summed E-state index contributed by atoms with van der Waals surface area (Å²) in [6, 6.07) is 10.2. The number of nitrogens with zero attached hydrogens (tertiary/aromatic N) is 2. The largest absolute Gasteiger partial charge is 0.490 e. The molecule has 0 saturated carbocycles. The van der Waals surface area contributed by atoms with Crippen molar-refractivity contribution in [1.82, 2.24) is 5.01 Å². The topological polar surface area (TPSA) is 109 Å². The van der Waals surface area contributed by atoms with Crippen LogP contribution in [0, 0.1) is 0 Å². The molecule has 0 heterocycles. The summed E-state index contributed by atoms with van der Waals surface area (Å²) < 4.78 is 11.4. The quantitative estimate of drug-likeness (QED) is 0.392. The molecule has 8 nitrogen and oxygen atoms in total. The van der Waals surface area contributed by atoms with E-state index in [1.807, 2.05) is 6.92 Å². The standard InChI is InChI=1S/C20H20Cl2N2O6/c1-2-29-18-8-13(9-23-24(10-19(25)26)11-20(27)28)6-7-17(18)30-12-14-15(21)4-3-5-16(14)22/h3-9H,2,10-12H2,1H3,(H,25,26)(H,27,28)/b23-9-. The maximum Gasteiger partial charge on any atom is 0.324 e. The molecular formula is C20H20Cl2N2O6. The van der Waals surface area contributed by atoms with Gasteiger partial charge in [0.25, 0.3) is 0 Å². The van der Waals surface area contributed by atoms with Crippen molar-refractivity contribution >= 4 is 41.4 Å². The Labute approximate surface area is 183 Å². The number of rotatable bonds is 11. The third-order valence-corrected chi connectivity index (χ3v) is 4.42. The molecule has 0 bridgehead atoms. The van der Waals surface area contributed by atoms with E-state index in [4.69, 9.17) is 42.9 Å². The molecule has 0 unspecified atom stereocenters. The summed E-state index contributed by atoms with van der Waals surface area (Å²) in [5, 5.41) is 23.6. The first-order chi connectivity index (χ1) is 14.3. The van der Waals surface area contributed by atoms with Gasteiger partial charge in [-0.3, -0.25) is 14.6 Å². The number of benzene rings is 2. The number of hydrazone groups is 1. The lowest BCUT2D eigenvalue weighted by Gasteiger charge is -2.15. The van der Waals surface area contributed by atoms with Gasteiger partial charge in [-0.1, -0.05) is 29.3 Å². The minimum atomic E-state index is -1.19. The van der Waals surface area contributed by atoms with E-state index in [0.29, 0.717) is 39.3 Å². The van der Waals surface area contributed by atoms with Crippen molar-refractivity contribution in [3.8, 4) is 11.5 Å². The molecule has 2 aromatic rings. The summed E-state index contributed by atoms with van der Waals surface area (Å²) in [6.07, 6.45) is 1.35. The predicted molar refractivity (Wildman–Crippen MR) is 113 cm³/mol. The van der Waals surface area contributed by atoms with E-state index in [1.54, 1.807) is 36.4 Å². The minimum Gasteiger partial charge on any atom is -0.490 e. The van der Waals surface area contributed by atoms with Crippen molar-refractivity contribution in [2.75, 3.05) is 19.7 Å². The molecule has 0 atom stereocenters. The van der Waals surface area contributed by atoms with Gasteiger partial charge < -0.3 is 19.7 Å². The molecule has 0 aliphatic heterocycles. The van der Waals surface area contributed by atoms with Crippen LogP contribution in [0.4, 0.5) is 0 Å². The predicted octanol–water partition coefficient (Wildman–Crippen LogP) is 3.78. The maximum atomic E-state index is 10.9. The highest BCUT2D eigenvalue weighted by molar-refractivity contribution is 6.35. The fraction of sp³-hybridized carbons (Fsp3) is 0.250. The number of aliphatic carboxylic acids is 2. The number of hydrogen-bond acceptors (Lipinski definition) is 6. The van der Waals surface area contributed by atoms with Gasteiger partial charge in [-0.25, -0.2) is 0 Å². The van der Waals surface area contributed by atoms with Crippen molar-refractivity contribution in [3.63, 3.8) is 0 Å². The fourth-order valence-electron chi connectivity index (χ4n) is 2.41. The van der Waals surface area contributed by atoms with E-state index in [2.05, 4.69) is 5.10 Å². The number of carboxylic acid groups (broad SMARTS) is 2. The number of hydrogen-bond donors (Lipinski definition) is 2. The molecule has 2 N–H and O–H groups in total. The van der Waals surface area contributed by atoms with E-state index in [0.717, 1.165) is 5.01 Å². The molecule has 160 valence electrons. The Morgan fingerprint density at radius 3 is 2.23 bits per heavy atom. The molecule has 0 radical (unpaired) electrons. The Morgan fingerprint density at radius 1 is 1.03 bits per heavy atom. The second-order valence-electron chi connectivity index (χ2n) is 5.98. The first-order valence-electron chi connectivity index (χ1n) is 8.85. The van der Waals surface area contributed by atoms with Crippen LogP contribution in [0.3, 0.4) is 0 Å². The first-order valence-corrected chi connectivity index (χ1v) is 9.60. The number of ether oxygens (including phenoxy) is 2. The van der Waals surface area contributed by atoms with Gasteiger partial charge in [-0.15, -0.1) is 0 Å². The van der Waals surface area contributed by atoms with Crippen LogP contribution >= 0.6 is 23.2 Å². The highest BCUT2D eigenvalue weighted by atomic mass is 35.5. The molecule has 10 heteroatoms. The number of carbonyl (C=O) groups is 2. The molecule has 0 aliphatic rings. The van der Waals surface area contributed by atoms with E-state index in [-0.39, 0.29) is 6.61 Å². The molecule has 2 aromatic carbocycles. The second kappa shape index (κ2) is 11.3. The average molecular weight is 455 g/mol. The molecular weight excluding hydrogens is 435 g/mol. The van der Waals surface area contributed by atoms with Crippen LogP contribution < -0.4 is 9.47 Å². The van der Waals surface area contributed by atoms with Crippen LogP contribution in [0.5, 0.6) is 11.5 Å².